The zero-order valence-electron chi connectivity index (χ0n) is 9.94. The molecule has 0 bridgehead atoms. The van der Waals surface area contributed by atoms with Crippen molar-refractivity contribution in [3.8, 4) is 0 Å². The summed E-state index contributed by atoms with van der Waals surface area (Å²) >= 11 is 0. The normalized spacial score (nSPS) is 32.6. The topological polar surface area (TPSA) is 64.8 Å². The van der Waals surface area contributed by atoms with E-state index in [1.165, 1.54) is 0 Å². The molecule has 2 fully saturated rings. The van der Waals surface area contributed by atoms with E-state index in [-0.39, 0.29) is 18.1 Å². The van der Waals surface area contributed by atoms with E-state index in [0.717, 1.165) is 19.3 Å². The van der Waals surface area contributed by atoms with E-state index in [9.17, 15) is 4.79 Å². The zero-order valence-corrected chi connectivity index (χ0v) is 9.94. The lowest BCUT2D eigenvalue weighted by Crippen LogP contribution is -2.59. The Bertz CT molecular complexity index is 266. The van der Waals surface area contributed by atoms with Gasteiger partial charge in [-0.05, 0) is 19.3 Å². The number of methoxy groups -OCH3 is 2. The second-order valence-electron chi connectivity index (χ2n) is 4.77. The van der Waals surface area contributed by atoms with Crippen LogP contribution in [0.2, 0.25) is 0 Å². The molecule has 2 N–H and O–H groups in total. The summed E-state index contributed by atoms with van der Waals surface area (Å²) in [5, 5.41) is 0. The highest BCUT2D eigenvalue weighted by molar-refractivity contribution is 5.87. The number of likely N-dealkylation sites (tertiary alicyclic amines) is 1. The lowest BCUT2D eigenvalue weighted by molar-refractivity contribution is -0.139. The highest BCUT2D eigenvalue weighted by atomic mass is 16.5. The molecule has 5 nitrogen and oxygen atoms in total. The van der Waals surface area contributed by atoms with Gasteiger partial charge in [-0.25, -0.2) is 0 Å². The molecule has 92 valence electrons. The molecular formula is C11H20N2O3. The molecule has 1 heterocycles. The van der Waals surface area contributed by atoms with Crippen molar-refractivity contribution in [3.05, 3.63) is 0 Å². The molecule has 5 heteroatoms. The summed E-state index contributed by atoms with van der Waals surface area (Å²) in [6.45, 7) is 1.18. The zero-order chi connectivity index (χ0) is 11.8. The van der Waals surface area contributed by atoms with Crippen LogP contribution in [0.1, 0.15) is 19.3 Å². The minimum absolute atomic E-state index is 0.0300. The van der Waals surface area contributed by atoms with Crippen LogP contribution in [0.25, 0.3) is 0 Å². The number of nitrogens with two attached hydrogens (primary N) is 1. The van der Waals surface area contributed by atoms with Gasteiger partial charge in [0, 0.05) is 27.3 Å². The maximum Gasteiger partial charge on any atom is 0.242 e. The number of hydrogen-bond donors (Lipinski definition) is 1. The second-order valence-corrected chi connectivity index (χ2v) is 4.77. The SMILES string of the molecule is COC1CN(C(=O)C2(N)CCC2)CC1OC. The molecule has 0 aromatic carbocycles. The summed E-state index contributed by atoms with van der Waals surface area (Å²) in [6.07, 6.45) is 2.60. The minimum Gasteiger partial charge on any atom is -0.377 e. The largest absolute Gasteiger partial charge is 0.377 e. The summed E-state index contributed by atoms with van der Waals surface area (Å²) in [6, 6.07) is 0. The lowest BCUT2D eigenvalue weighted by Gasteiger charge is -2.39. The molecule has 1 saturated carbocycles. The van der Waals surface area contributed by atoms with Crippen LogP contribution in [-0.4, -0.2) is 55.9 Å². The summed E-state index contributed by atoms with van der Waals surface area (Å²) in [7, 11) is 3.29. The van der Waals surface area contributed by atoms with Crippen LogP contribution < -0.4 is 5.73 Å². The average molecular weight is 228 g/mol. The smallest absolute Gasteiger partial charge is 0.242 e. The van der Waals surface area contributed by atoms with Crippen molar-refractivity contribution in [2.45, 2.75) is 37.0 Å². The maximum absolute atomic E-state index is 12.2. The molecule has 0 aromatic rings. The average Bonchev–Trinajstić information content (AvgIpc) is 2.67. The van der Waals surface area contributed by atoms with Crippen LogP contribution in [-0.2, 0) is 14.3 Å². The molecule has 1 aliphatic carbocycles. The Morgan fingerprint density at radius 3 is 2.06 bits per heavy atom. The Labute approximate surface area is 95.9 Å². The van der Waals surface area contributed by atoms with Crippen LogP contribution in [0.5, 0.6) is 0 Å². The van der Waals surface area contributed by atoms with Gasteiger partial charge >= 0.3 is 0 Å². The van der Waals surface area contributed by atoms with Crippen molar-refractivity contribution >= 4 is 5.91 Å². The van der Waals surface area contributed by atoms with Crippen molar-refractivity contribution in [2.75, 3.05) is 27.3 Å². The number of carbonyl (C=O) groups is 1. The molecular weight excluding hydrogens is 208 g/mol. The molecule has 2 aliphatic rings. The third-order valence-corrected chi connectivity index (χ3v) is 3.78. The van der Waals surface area contributed by atoms with Crippen molar-refractivity contribution in [1.82, 2.24) is 4.90 Å². The number of carbonyl (C=O) groups excluding carboxylic acids is 1. The fraction of sp³-hybridized carbons (Fsp3) is 0.909. The molecule has 1 amide bonds. The monoisotopic (exact) mass is 228 g/mol. The molecule has 2 atom stereocenters. The fourth-order valence-corrected chi connectivity index (χ4v) is 2.45. The Kier molecular flexibility index (Phi) is 3.19. The number of hydrogen-bond acceptors (Lipinski definition) is 4. The van der Waals surface area contributed by atoms with E-state index in [1.54, 1.807) is 19.1 Å². The minimum atomic E-state index is -0.610. The van der Waals surface area contributed by atoms with Gasteiger partial charge in [0.15, 0.2) is 0 Å². The number of rotatable bonds is 3. The van der Waals surface area contributed by atoms with Gasteiger partial charge in [0.05, 0.1) is 5.54 Å². The van der Waals surface area contributed by atoms with E-state index in [1.807, 2.05) is 0 Å². The van der Waals surface area contributed by atoms with Crippen LogP contribution in [0.4, 0.5) is 0 Å². The van der Waals surface area contributed by atoms with E-state index in [0.29, 0.717) is 13.1 Å². The van der Waals surface area contributed by atoms with Crippen LogP contribution in [0.15, 0.2) is 0 Å². The first-order valence-electron chi connectivity index (χ1n) is 5.74. The summed E-state index contributed by atoms with van der Waals surface area (Å²) in [4.78, 5) is 13.9. The quantitative estimate of drug-likeness (QED) is 0.723. The fourth-order valence-electron chi connectivity index (χ4n) is 2.45. The molecule has 0 radical (unpaired) electrons. The Balaban J connectivity index is 1.99. The highest BCUT2D eigenvalue weighted by Gasteiger charge is 2.46. The first kappa shape index (κ1) is 11.8. The Morgan fingerprint density at radius 2 is 1.75 bits per heavy atom. The molecule has 2 rings (SSSR count). The molecule has 0 aromatic heterocycles. The lowest BCUT2D eigenvalue weighted by atomic mass is 9.76. The maximum atomic E-state index is 12.2. The molecule has 0 spiro atoms. The first-order valence-corrected chi connectivity index (χ1v) is 5.74. The Hall–Kier alpha value is -0.650. The van der Waals surface area contributed by atoms with Crippen LogP contribution in [0.3, 0.4) is 0 Å². The van der Waals surface area contributed by atoms with Crippen molar-refractivity contribution in [1.29, 1.82) is 0 Å². The van der Waals surface area contributed by atoms with E-state index in [4.69, 9.17) is 15.2 Å². The molecule has 1 saturated heterocycles. The highest BCUT2D eigenvalue weighted by Crippen LogP contribution is 2.32. The summed E-state index contributed by atoms with van der Waals surface area (Å²) < 4.78 is 10.6. The van der Waals surface area contributed by atoms with Crippen molar-refractivity contribution < 1.29 is 14.3 Å². The third kappa shape index (κ3) is 1.83. The number of amides is 1. The molecule has 2 unspecified atom stereocenters. The summed E-state index contributed by atoms with van der Waals surface area (Å²) in [5.74, 6) is 0.0559. The van der Waals surface area contributed by atoms with Gasteiger partial charge in [0.25, 0.3) is 0 Å². The van der Waals surface area contributed by atoms with Crippen LogP contribution in [0, 0.1) is 0 Å². The van der Waals surface area contributed by atoms with Gasteiger partial charge in [-0.3, -0.25) is 4.79 Å². The summed E-state index contributed by atoms with van der Waals surface area (Å²) in [5.41, 5.74) is 5.42. The number of ether oxygens (including phenoxy) is 2. The first-order chi connectivity index (χ1) is 7.60. The predicted molar refractivity (Wildman–Crippen MR) is 58.9 cm³/mol. The van der Waals surface area contributed by atoms with E-state index < -0.39 is 5.54 Å². The van der Waals surface area contributed by atoms with Gasteiger partial charge in [-0.2, -0.15) is 0 Å². The van der Waals surface area contributed by atoms with Gasteiger partial charge in [-0.15, -0.1) is 0 Å². The van der Waals surface area contributed by atoms with Gasteiger partial charge in [0.2, 0.25) is 5.91 Å². The van der Waals surface area contributed by atoms with Crippen molar-refractivity contribution in [2.24, 2.45) is 5.73 Å². The number of nitrogens with zero attached hydrogens (tertiary/aromatic N) is 1. The van der Waals surface area contributed by atoms with Crippen LogP contribution >= 0.6 is 0 Å². The predicted octanol–water partition coefficient (Wildman–Crippen LogP) is -0.260. The Morgan fingerprint density at radius 1 is 1.25 bits per heavy atom. The van der Waals surface area contributed by atoms with E-state index >= 15 is 0 Å². The molecule has 16 heavy (non-hydrogen) atoms. The van der Waals surface area contributed by atoms with E-state index in [2.05, 4.69) is 0 Å². The van der Waals surface area contributed by atoms with Gasteiger partial charge in [0.1, 0.15) is 12.2 Å². The van der Waals surface area contributed by atoms with Crippen molar-refractivity contribution in [3.63, 3.8) is 0 Å². The van der Waals surface area contributed by atoms with Gasteiger partial charge < -0.3 is 20.1 Å². The second kappa shape index (κ2) is 4.31. The molecule has 1 aliphatic heterocycles. The standard InChI is InChI=1S/C11H20N2O3/c1-15-8-6-13(7-9(8)16-2)10(14)11(12)4-3-5-11/h8-9H,3-7,12H2,1-2H3. The third-order valence-electron chi connectivity index (χ3n) is 3.78. The van der Waals surface area contributed by atoms with Gasteiger partial charge in [-0.1, -0.05) is 0 Å².